The predicted octanol–water partition coefficient (Wildman–Crippen LogP) is 0.800. The van der Waals surface area contributed by atoms with Crippen LogP contribution in [0, 0.1) is 6.92 Å². The molecule has 1 saturated heterocycles. The van der Waals surface area contributed by atoms with Crippen LogP contribution < -0.4 is 0 Å². The zero-order chi connectivity index (χ0) is 27.8. The summed E-state index contributed by atoms with van der Waals surface area (Å²) < 4.78 is 61.9. The van der Waals surface area contributed by atoms with Gasteiger partial charge in [-0.3, -0.25) is 23.4 Å². The van der Waals surface area contributed by atoms with Gasteiger partial charge in [-0.2, -0.15) is 8.42 Å². The van der Waals surface area contributed by atoms with Gasteiger partial charge in [-0.25, -0.2) is 0 Å². The fourth-order valence-corrected chi connectivity index (χ4v) is 4.30. The number of benzene rings is 1. The first-order chi connectivity index (χ1) is 17.3. The standard InChI is InChI=1S/C23H30O13S/c1-13-6-8-18(9-7-13)37(28,29)32-11-10-30-23-22(35-17(5)27)21(34-16(4)26)20(33-15(3)25)19(36-23)12-31-14(2)24/h6-9,19-23H,10-12H2,1-5H3/t19?,20-,21?,22?,23-/m1/s1. The van der Waals surface area contributed by atoms with Gasteiger partial charge in [0, 0.05) is 27.7 Å². The van der Waals surface area contributed by atoms with E-state index in [-0.39, 0.29) is 11.5 Å². The first-order valence-electron chi connectivity index (χ1n) is 11.2. The fraction of sp³-hybridized carbons (Fsp3) is 0.565. The first-order valence-corrected chi connectivity index (χ1v) is 12.6. The number of carbonyl (C=O) groups excluding carboxylic acids is 4. The van der Waals surface area contributed by atoms with E-state index in [4.69, 9.17) is 32.6 Å². The van der Waals surface area contributed by atoms with E-state index in [0.717, 1.165) is 33.3 Å². The van der Waals surface area contributed by atoms with E-state index in [1.807, 2.05) is 0 Å². The summed E-state index contributed by atoms with van der Waals surface area (Å²) in [6, 6.07) is 6.02. The van der Waals surface area contributed by atoms with Crippen molar-refractivity contribution >= 4 is 34.0 Å². The number of rotatable bonds is 11. The summed E-state index contributed by atoms with van der Waals surface area (Å²) in [7, 11) is -4.08. The Bertz CT molecular complexity index is 1070. The van der Waals surface area contributed by atoms with Crippen LogP contribution in [0.1, 0.15) is 33.3 Å². The number of aryl methyl sites for hydroxylation is 1. The van der Waals surface area contributed by atoms with Gasteiger partial charge < -0.3 is 28.4 Å². The van der Waals surface area contributed by atoms with E-state index in [0.29, 0.717) is 0 Å². The van der Waals surface area contributed by atoms with Crippen LogP contribution in [0.2, 0.25) is 0 Å². The van der Waals surface area contributed by atoms with Crippen molar-refractivity contribution in [1.82, 2.24) is 0 Å². The molecule has 0 saturated carbocycles. The van der Waals surface area contributed by atoms with Crippen molar-refractivity contribution in [1.29, 1.82) is 0 Å². The Kier molecular flexibility index (Phi) is 11.0. The maximum Gasteiger partial charge on any atom is 0.303 e. The lowest BCUT2D eigenvalue weighted by Crippen LogP contribution is -2.63. The molecule has 0 bridgehead atoms. The third-order valence-corrected chi connectivity index (χ3v) is 6.19. The van der Waals surface area contributed by atoms with Gasteiger partial charge in [0.2, 0.25) is 0 Å². The molecular formula is C23H30O13S. The number of hydrogen-bond donors (Lipinski definition) is 0. The second kappa shape index (κ2) is 13.5. The number of carbonyl (C=O) groups is 4. The Balaban J connectivity index is 2.22. The lowest BCUT2D eigenvalue weighted by atomic mass is 9.98. The van der Waals surface area contributed by atoms with E-state index in [9.17, 15) is 27.6 Å². The highest BCUT2D eigenvalue weighted by Crippen LogP contribution is 2.30. The van der Waals surface area contributed by atoms with Gasteiger partial charge in [0.05, 0.1) is 18.1 Å². The third-order valence-electron chi connectivity index (χ3n) is 4.86. The van der Waals surface area contributed by atoms with Gasteiger partial charge in [0.15, 0.2) is 24.6 Å². The molecule has 1 aromatic rings. The van der Waals surface area contributed by atoms with E-state index in [2.05, 4.69) is 0 Å². The van der Waals surface area contributed by atoms with Crippen LogP contribution in [0.25, 0.3) is 0 Å². The summed E-state index contributed by atoms with van der Waals surface area (Å²) in [6.07, 6.45) is -6.78. The summed E-state index contributed by atoms with van der Waals surface area (Å²) in [4.78, 5) is 46.7. The van der Waals surface area contributed by atoms with Crippen LogP contribution in [-0.2, 0) is 61.9 Å². The molecule has 14 heteroatoms. The molecule has 0 radical (unpaired) electrons. The zero-order valence-electron chi connectivity index (χ0n) is 21.0. The molecule has 1 aliphatic rings. The molecule has 0 aliphatic carbocycles. The Morgan fingerprint density at radius 2 is 1.32 bits per heavy atom. The summed E-state index contributed by atoms with van der Waals surface area (Å²) in [5.74, 6) is -3.02. The van der Waals surface area contributed by atoms with Crippen molar-refractivity contribution in [2.24, 2.45) is 0 Å². The van der Waals surface area contributed by atoms with Crippen molar-refractivity contribution in [2.45, 2.75) is 70.2 Å². The van der Waals surface area contributed by atoms with Crippen LogP contribution in [0.3, 0.4) is 0 Å². The van der Waals surface area contributed by atoms with E-state index >= 15 is 0 Å². The minimum absolute atomic E-state index is 0.0506. The maximum absolute atomic E-state index is 12.4. The number of esters is 4. The predicted molar refractivity (Wildman–Crippen MR) is 122 cm³/mol. The van der Waals surface area contributed by atoms with Gasteiger partial charge in [-0.05, 0) is 19.1 Å². The Morgan fingerprint density at radius 1 is 0.784 bits per heavy atom. The summed E-state index contributed by atoms with van der Waals surface area (Å²) in [5.41, 5.74) is 0.867. The highest BCUT2D eigenvalue weighted by Gasteiger charge is 2.52. The largest absolute Gasteiger partial charge is 0.463 e. The Labute approximate surface area is 214 Å². The average Bonchev–Trinajstić information content (AvgIpc) is 2.78. The van der Waals surface area contributed by atoms with Crippen molar-refractivity contribution in [3.63, 3.8) is 0 Å². The van der Waals surface area contributed by atoms with E-state index in [1.165, 1.54) is 12.1 Å². The number of ether oxygens (including phenoxy) is 6. The van der Waals surface area contributed by atoms with Crippen LogP contribution in [0.4, 0.5) is 0 Å². The molecule has 0 N–H and O–H groups in total. The van der Waals surface area contributed by atoms with E-state index < -0.39 is 77.9 Å². The summed E-state index contributed by atoms with van der Waals surface area (Å²) >= 11 is 0. The molecular weight excluding hydrogens is 516 g/mol. The average molecular weight is 547 g/mol. The van der Waals surface area contributed by atoms with Gasteiger partial charge >= 0.3 is 23.9 Å². The van der Waals surface area contributed by atoms with Gasteiger partial charge in [0.1, 0.15) is 12.7 Å². The summed E-state index contributed by atoms with van der Waals surface area (Å²) in [5, 5.41) is 0. The topological polar surface area (TPSA) is 167 Å². The maximum atomic E-state index is 12.4. The second-order valence-electron chi connectivity index (χ2n) is 8.03. The first kappa shape index (κ1) is 30.2. The van der Waals surface area contributed by atoms with Crippen LogP contribution >= 0.6 is 0 Å². The molecule has 1 heterocycles. The van der Waals surface area contributed by atoms with Crippen molar-refractivity contribution in [3.8, 4) is 0 Å². The minimum Gasteiger partial charge on any atom is -0.463 e. The second-order valence-corrected chi connectivity index (χ2v) is 9.64. The van der Waals surface area contributed by atoms with Crippen LogP contribution in [0.5, 0.6) is 0 Å². The van der Waals surface area contributed by atoms with Gasteiger partial charge in [-0.15, -0.1) is 0 Å². The Morgan fingerprint density at radius 3 is 1.86 bits per heavy atom. The smallest absolute Gasteiger partial charge is 0.303 e. The molecule has 3 unspecified atom stereocenters. The molecule has 0 aromatic heterocycles. The summed E-state index contributed by atoms with van der Waals surface area (Å²) in [6.45, 7) is 5.00. The molecule has 206 valence electrons. The quantitative estimate of drug-likeness (QED) is 0.166. The molecule has 2 rings (SSSR count). The van der Waals surface area contributed by atoms with Crippen LogP contribution in [-0.4, -0.2) is 82.8 Å². The molecule has 1 fully saturated rings. The monoisotopic (exact) mass is 546 g/mol. The molecule has 0 amide bonds. The van der Waals surface area contributed by atoms with Crippen LogP contribution in [0.15, 0.2) is 29.2 Å². The molecule has 13 nitrogen and oxygen atoms in total. The zero-order valence-corrected chi connectivity index (χ0v) is 21.8. The highest BCUT2D eigenvalue weighted by atomic mass is 32.2. The SMILES string of the molecule is CC(=O)OCC1O[C@@H](OCCOS(=O)(=O)c2ccc(C)cc2)C(OC(C)=O)C(OC(C)=O)[C@@H]1OC(C)=O. The molecule has 1 aromatic carbocycles. The van der Waals surface area contributed by atoms with Crippen molar-refractivity contribution in [3.05, 3.63) is 29.8 Å². The van der Waals surface area contributed by atoms with Gasteiger partial charge in [-0.1, -0.05) is 17.7 Å². The molecule has 5 atom stereocenters. The molecule has 37 heavy (non-hydrogen) atoms. The highest BCUT2D eigenvalue weighted by molar-refractivity contribution is 7.86. The third kappa shape index (κ3) is 9.39. The number of hydrogen-bond acceptors (Lipinski definition) is 13. The molecule has 0 spiro atoms. The minimum atomic E-state index is -4.08. The Hall–Kier alpha value is -3.07. The fourth-order valence-electron chi connectivity index (χ4n) is 3.40. The molecule has 1 aliphatic heterocycles. The van der Waals surface area contributed by atoms with Crippen molar-refractivity contribution < 1.29 is 60.2 Å². The lowest BCUT2D eigenvalue weighted by Gasteiger charge is -2.44. The van der Waals surface area contributed by atoms with Crippen molar-refractivity contribution in [2.75, 3.05) is 19.8 Å². The van der Waals surface area contributed by atoms with E-state index in [1.54, 1.807) is 19.1 Å². The van der Waals surface area contributed by atoms with Gasteiger partial charge in [0.25, 0.3) is 10.1 Å². The normalized spacial score (nSPS) is 23.5. The lowest BCUT2D eigenvalue weighted by molar-refractivity contribution is -0.308.